The molecule has 0 saturated carbocycles. The van der Waals surface area contributed by atoms with E-state index < -0.39 is 5.60 Å². The molecule has 0 amide bonds. The molecule has 6 heteroatoms. The van der Waals surface area contributed by atoms with Gasteiger partial charge in [0.25, 0.3) is 0 Å². The second kappa shape index (κ2) is 10.2. The minimum atomic E-state index is -0.814. The summed E-state index contributed by atoms with van der Waals surface area (Å²) in [5.74, 6) is 1.23. The van der Waals surface area contributed by atoms with Crippen LogP contribution < -0.4 is 15.9 Å². The number of hydrazone groups is 1. The first-order valence-electron chi connectivity index (χ1n) is 11.2. The van der Waals surface area contributed by atoms with Crippen LogP contribution in [0.4, 0.5) is 10.9 Å². The maximum Gasteiger partial charge on any atom is 0.205 e. The third kappa shape index (κ3) is 4.93. The lowest BCUT2D eigenvalue weighted by Gasteiger charge is -2.36. The molecule has 5 rings (SSSR count). The fraction of sp³-hybridized carbons (Fsp3) is 0.0345. The molecule has 1 heterocycles. The molecule has 5 nitrogen and oxygen atoms in total. The van der Waals surface area contributed by atoms with Crippen LogP contribution in [0.15, 0.2) is 126 Å². The molecule has 0 spiro atoms. The number of hydrogen-bond donors (Lipinski definition) is 2. The summed E-state index contributed by atoms with van der Waals surface area (Å²) in [7, 11) is 0. The zero-order valence-electron chi connectivity index (χ0n) is 18.9. The predicted molar refractivity (Wildman–Crippen MR) is 144 cm³/mol. The van der Waals surface area contributed by atoms with E-state index in [1.54, 1.807) is 11.6 Å². The molecule has 3 N–H and O–H groups in total. The van der Waals surface area contributed by atoms with E-state index in [-0.39, 0.29) is 0 Å². The molecule has 0 aliphatic carbocycles. The Morgan fingerprint density at radius 3 is 1.71 bits per heavy atom. The summed E-state index contributed by atoms with van der Waals surface area (Å²) in [4.78, 5) is 4.13. The number of anilines is 2. The molecule has 0 saturated heterocycles. The average Bonchev–Trinajstić information content (AvgIpc) is 3.34. The first-order chi connectivity index (χ1) is 17.2. The van der Waals surface area contributed by atoms with Crippen molar-refractivity contribution >= 4 is 28.5 Å². The monoisotopic (exact) mass is 476 g/mol. The minimum absolute atomic E-state index is 0.480. The number of rotatable bonds is 8. The Hall–Kier alpha value is -4.42. The Morgan fingerprint density at radius 2 is 1.26 bits per heavy atom. The fourth-order valence-corrected chi connectivity index (χ4v) is 4.54. The summed E-state index contributed by atoms with van der Waals surface area (Å²) in [5.41, 5.74) is 11.8. The van der Waals surface area contributed by atoms with Crippen LogP contribution in [0.2, 0.25) is 0 Å². The standard InChI is InChI=1S/C29H24N4OS/c30-27-21-35-28(32-27)33-31-20-22-16-18-26(19-17-22)34-29(23-10-4-1-5-11-23,24-12-6-2-7-13-24)25-14-8-3-9-15-25/h1-21H,30H2,(H,32,33). The molecule has 0 radical (unpaired) electrons. The molecule has 0 unspecified atom stereocenters. The topological polar surface area (TPSA) is 72.5 Å². The van der Waals surface area contributed by atoms with Gasteiger partial charge in [-0.3, -0.25) is 5.43 Å². The third-order valence-electron chi connectivity index (χ3n) is 5.59. The Bertz CT molecular complexity index is 1290. The SMILES string of the molecule is Nc1csc(NN=Cc2ccc(OC(c3ccccc3)(c3ccccc3)c3ccccc3)cc2)n1. The molecule has 0 aliphatic heterocycles. The Labute approximate surface area is 208 Å². The summed E-state index contributed by atoms with van der Waals surface area (Å²) in [5, 5.41) is 6.67. The number of nitrogens with zero attached hydrogens (tertiary/aromatic N) is 2. The molecule has 5 aromatic rings. The van der Waals surface area contributed by atoms with Crippen molar-refractivity contribution in [1.82, 2.24) is 4.98 Å². The van der Waals surface area contributed by atoms with Crippen molar-refractivity contribution in [3.63, 3.8) is 0 Å². The van der Waals surface area contributed by atoms with E-state index in [4.69, 9.17) is 10.5 Å². The highest BCUT2D eigenvalue weighted by Gasteiger charge is 2.38. The summed E-state index contributed by atoms with van der Waals surface area (Å²) < 4.78 is 6.91. The van der Waals surface area contributed by atoms with Crippen LogP contribution in [0.1, 0.15) is 22.3 Å². The molecule has 0 fully saturated rings. The predicted octanol–water partition coefficient (Wildman–Crippen LogP) is 6.54. The van der Waals surface area contributed by atoms with Gasteiger partial charge in [0.1, 0.15) is 11.6 Å². The van der Waals surface area contributed by atoms with E-state index in [1.165, 1.54) is 11.3 Å². The zero-order valence-corrected chi connectivity index (χ0v) is 19.7. The number of nitrogens with one attached hydrogen (secondary N) is 1. The van der Waals surface area contributed by atoms with Crippen LogP contribution in [0.25, 0.3) is 0 Å². The fourth-order valence-electron chi connectivity index (χ4n) is 3.99. The number of nitrogens with two attached hydrogens (primary N) is 1. The molecule has 0 bridgehead atoms. The number of benzene rings is 4. The molecular weight excluding hydrogens is 452 g/mol. The highest BCUT2D eigenvalue weighted by Crippen LogP contribution is 2.41. The average molecular weight is 477 g/mol. The lowest BCUT2D eigenvalue weighted by molar-refractivity contribution is 0.155. The van der Waals surface area contributed by atoms with Crippen LogP contribution in [-0.4, -0.2) is 11.2 Å². The lowest BCUT2D eigenvalue weighted by Crippen LogP contribution is -2.36. The van der Waals surface area contributed by atoms with Crippen LogP contribution in [0.3, 0.4) is 0 Å². The Balaban J connectivity index is 1.49. The van der Waals surface area contributed by atoms with Gasteiger partial charge in [0, 0.05) is 22.1 Å². The van der Waals surface area contributed by atoms with Crippen molar-refractivity contribution in [2.75, 3.05) is 11.2 Å². The van der Waals surface area contributed by atoms with E-state index in [9.17, 15) is 0 Å². The van der Waals surface area contributed by atoms with E-state index >= 15 is 0 Å². The van der Waals surface area contributed by atoms with Gasteiger partial charge in [-0.1, -0.05) is 91.0 Å². The van der Waals surface area contributed by atoms with E-state index in [2.05, 4.69) is 51.9 Å². The van der Waals surface area contributed by atoms with Crippen LogP contribution in [0.5, 0.6) is 5.75 Å². The summed E-state index contributed by atoms with van der Waals surface area (Å²) in [6, 6.07) is 38.9. The van der Waals surface area contributed by atoms with Gasteiger partial charge in [-0.2, -0.15) is 5.10 Å². The quantitative estimate of drug-likeness (QED) is 0.151. The molecule has 35 heavy (non-hydrogen) atoms. The maximum atomic E-state index is 6.91. The number of nitrogen functional groups attached to an aromatic ring is 1. The second-order valence-corrected chi connectivity index (χ2v) is 8.76. The van der Waals surface area contributed by atoms with Gasteiger partial charge in [-0.05, 0) is 29.8 Å². The molecule has 0 atom stereocenters. The Morgan fingerprint density at radius 1 is 0.743 bits per heavy atom. The summed E-state index contributed by atoms with van der Waals surface area (Å²) in [6.07, 6.45) is 1.74. The second-order valence-electron chi connectivity index (χ2n) is 7.90. The van der Waals surface area contributed by atoms with E-state index in [1.807, 2.05) is 78.9 Å². The zero-order chi connectivity index (χ0) is 23.9. The van der Waals surface area contributed by atoms with Crippen LogP contribution >= 0.6 is 11.3 Å². The van der Waals surface area contributed by atoms with Crippen LogP contribution in [-0.2, 0) is 5.60 Å². The molecule has 1 aromatic heterocycles. The molecule has 0 aliphatic rings. The van der Waals surface area contributed by atoms with Crippen LogP contribution in [0, 0.1) is 0 Å². The number of ether oxygens (including phenoxy) is 1. The minimum Gasteiger partial charge on any atom is -0.473 e. The van der Waals surface area contributed by atoms with Gasteiger partial charge >= 0.3 is 0 Å². The van der Waals surface area contributed by atoms with Crippen molar-refractivity contribution in [3.8, 4) is 5.75 Å². The van der Waals surface area contributed by atoms with Gasteiger partial charge < -0.3 is 10.5 Å². The van der Waals surface area contributed by atoms with E-state index in [0.717, 1.165) is 28.0 Å². The summed E-state index contributed by atoms with van der Waals surface area (Å²) in [6.45, 7) is 0. The van der Waals surface area contributed by atoms with Gasteiger partial charge in [0.05, 0.1) is 6.21 Å². The Kier molecular flexibility index (Phi) is 6.55. The van der Waals surface area contributed by atoms with Gasteiger partial charge in [-0.25, -0.2) is 4.98 Å². The van der Waals surface area contributed by atoms with Gasteiger partial charge in [-0.15, -0.1) is 11.3 Å². The smallest absolute Gasteiger partial charge is 0.205 e. The summed E-state index contributed by atoms with van der Waals surface area (Å²) >= 11 is 1.41. The van der Waals surface area contributed by atoms with Crippen molar-refractivity contribution in [2.45, 2.75) is 5.60 Å². The number of aromatic nitrogens is 1. The highest BCUT2D eigenvalue weighted by molar-refractivity contribution is 7.14. The molecule has 4 aromatic carbocycles. The maximum absolute atomic E-state index is 6.91. The highest BCUT2D eigenvalue weighted by atomic mass is 32.1. The van der Waals surface area contributed by atoms with Crippen molar-refractivity contribution in [1.29, 1.82) is 0 Å². The first kappa shape index (κ1) is 22.4. The third-order valence-corrected chi connectivity index (χ3v) is 6.35. The van der Waals surface area contributed by atoms with Crippen molar-refractivity contribution in [3.05, 3.63) is 143 Å². The van der Waals surface area contributed by atoms with E-state index in [0.29, 0.717) is 10.9 Å². The normalized spacial score (nSPS) is 11.4. The first-order valence-corrected chi connectivity index (χ1v) is 12.1. The largest absolute Gasteiger partial charge is 0.473 e. The van der Waals surface area contributed by atoms with Gasteiger partial charge in [0.15, 0.2) is 5.60 Å². The lowest BCUT2D eigenvalue weighted by atomic mass is 9.80. The number of thiazole rings is 1. The molecular formula is C29H24N4OS. The van der Waals surface area contributed by atoms with Crippen molar-refractivity contribution in [2.24, 2.45) is 5.10 Å². The van der Waals surface area contributed by atoms with Crippen molar-refractivity contribution < 1.29 is 4.74 Å². The molecule has 172 valence electrons. The van der Waals surface area contributed by atoms with Gasteiger partial charge in [0.2, 0.25) is 5.13 Å². The number of hydrogen-bond acceptors (Lipinski definition) is 6.